The summed E-state index contributed by atoms with van der Waals surface area (Å²) in [5, 5.41) is 0. The van der Waals surface area contributed by atoms with Crippen LogP contribution >= 0.6 is 0 Å². The third-order valence-corrected chi connectivity index (χ3v) is 4.87. The lowest BCUT2D eigenvalue weighted by molar-refractivity contribution is 0.594. The van der Waals surface area contributed by atoms with Gasteiger partial charge in [0.2, 0.25) is 5.95 Å². The highest BCUT2D eigenvalue weighted by Gasteiger charge is 2.21. The van der Waals surface area contributed by atoms with E-state index in [0.717, 1.165) is 37.7 Å². The molecule has 0 N–H and O–H groups in total. The minimum atomic E-state index is -0.173. The van der Waals surface area contributed by atoms with Crippen LogP contribution in [0.25, 0.3) is 0 Å². The molecule has 0 amide bonds. The van der Waals surface area contributed by atoms with E-state index in [0.29, 0.717) is 11.6 Å². The van der Waals surface area contributed by atoms with Gasteiger partial charge in [0.15, 0.2) is 0 Å². The molecule has 138 valence electrons. The lowest BCUT2D eigenvalue weighted by atomic mass is 10.2. The molecule has 0 aliphatic carbocycles. The van der Waals surface area contributed by atoms with Crippen molar-refractivity contribution in [2.75, 3.05) is 47.9 Å². The molecule has 1 saturated heterocycles. The summed E-state index contributed by atoms with van der Waals surface area (Å²) in [5.74, 6) is 1.39. The standard InChI is InChI=1S/C21H22FN5/c1-25(17-7-3-2-4-8-17)20-11-12-23-21(24-20)27-15-13-26(14-16-27)19-10-6-5-9-18(19)22/h2-12H,13-16H2,1H3. The van der Waals surface area contributed by atoms with Gasteiger partial charge >= 0.3 is 0 Å². The predicted octanol–water partition coefficient (Wildman–Crippen LogP) is 3.71. The van der Waals surface area contributed by atoms with E-state index in [4.69, 9.17) is 4.98 Å². The number of para-hydroxylation sites is 2. The summed E-state index contributed by atoms with van der Waals surface area (Å²) in [4.78, 5) is 15.5. The quantitative estimate of drug-likeness (QED) is 0.706. The highest BCUT2D eigenvalue weighted by atomic mass is 19.1. The molecule has 0 bridgehead atoms. The van der Waals surface area contributed by atoms with Gasteiger partial charge in [0, 0.05) is 45.1 Å². The molecule has 0 spiro atoms. The number of hydrogen-bond acceptors (Lipinski definition) is 5. The Hall–Kier alpha value is -3.15. The Bertz CT molecular complexity index is 894. The Morgan fingerprint density at radius 3 is 2.26 bits per heavy atom. The summed E-state index contributed by atoms with van der Waals surface area (Å²) in [5.41, 5.74) is 1.74. The summed E-state index contributed by atoms with van der Waals surface area (Å²) < 4.78 is 14.0. The van der Waals surface area contributed by atoms with Gasteiger partial charge in [0.25, 0.3) is 0 Å². The van der Waals surface area contributed by atoms with Crippen LogP contribution in [0.1, 0.15) is 0 Å². The maximum atomic E-state index is 14.0. The molecule has 3 aromatic rings. The van der Waals surface area contributed by atoms with Crippen LogP contribution in [0.5, 0.6) is 0 Å². The molecule has 0 atom stereocenters. The summed E-state index contributed by atoms with van der Waals surface area (Å²) in [7, 11) is 2.00. The Morgan fingerprint density at radius 1 is 0.852 bits per heavy atom. The van der Waals surface area contributed by atoms with E-state index in [1.54, 1.807) is 12.3 Å². The average Bonchev–Trinajstić information content (AvgIpc) is 2.74. The first-order valence-corrected chi connectivity index (χ1v) is 9.08. The Morgan fingerprint density at radius 2 is 1.52 bits per heavy atom. The molecule has 1 aliphatic rings. The first kappa shape index (κ1) is 17.3. The van der Waals surface area contributed by atoms with Crippen molar-refractivity contribution in [2.45, 2.75) is 0 Å². The zero-order chi connectivity index (χ0) is 18.6. The van der Waals surface area contributed by atoms with E-state index >= 15 is 0 Å². The van der Waals surface area contributed by atoms with Gasteiger partial charge in [-0.15, -0.1) is 0 Å². The molecule has 2 heterocycles. The Kier molecular flexibility index (Phi) is 4.87. The van der Waals surface area contributed by atoms with Crippen molar-refractivity contribution in [3.8, 4) is 0 Å². The van der Waals surface area contributed by atoms with Gasteiger partial charge < -0.3 is 14.7 Å². The summed E-state index contributed by atoms with van der Waals surface area (Å²) in [6, 6.07) is 19.0. The van der Waals surface area contributed by atoms with Crippen LogP contribution < -0.4 is 14.7 Å². The van der Waals surface area contributed by atoms with Crippen molar-refractivity contribution in [1.82, 2.24) is 9.97 Å². The van der Waals surface area contributed by atoms with Gasteiger partial charge in [-0.2, -0.15) is 4.98 Å². The van der Waals surface area contributed by atoms with E-state index in [-0.39, 0.29) is 5.82 Å². The van der Waals surface area contributed by atoms with Crippen molar-refractivity contribution in [2.24, 2.45) is 0 Å². The van der Waals surface area contributed by atoms with Crippen LogP contribution in [-0.2, 0) is 0 Å². The number of piperazine rings is 1. The van der Waals surface area contributed by atoms with Crippen molar-refractivity contribution >= 4 is 23.1 Å². The van der Waals surface area contributed by atoms with Crippen LogP contribution in [-0.4, -0.2) is 43.2 Å². The fourth-order valence-electron chi connectivity index (χ4n) is 3.32. The third kappa shape index (κ3) is 3.69. The maximum absolute atomic E-state index is 14.0. The molecule has 0 saturated carbocycles. The van der Waals surface area contributed by atoms with Gasteiger partial charge in [-0.3, -0.25) is 0 Å². The number of halogens is 1. The van der Waals surface area contributed by atoms with E-state index < -0.39 is 0 Å². The molecular weight excluding hydrogens is 341 g/mol. The number of benzene rings is 2. The molecule has 6 heteroatoms. The minimum absolute atomic E-state index is 0.173. The van der Waals surface area contributed by atoms with Crippen LogP contribution in [0.15, 0.2) is 66.9 Å². The summed E-state index contributed by atoms with van der Waals surface area (Å²) in [6.45, 7) is 2.99. The number of hydrogen-bond donors (Lipinski definition) is 0. The SMILES string of the molecule is CN(c1ccccc1)c1ccnc(N2CCN(c3ccccc3F)CC2)n1. The second-order valence-corrected chi connectivity index (χ2v) is 6.53. The Labute approximate surface area is 158 Å². The molecule has 1 fully saturated rings. The number of aromatic nitrogens is 2. The third-order valence-electron chi connectivity index (χ3n) is 4.87. The molecule has 0 radical (unpaired) electrons. The van der Waals surface area contributed by atoms with Crippen molar-refractivity contribution in [3.63, 3.8) is 0 Å². The summed E-state index contributed by atoms with van der Waals surface area (Å²) in [6.07, 6.45) is 1.79. The smallest absolute Gasteiger partial charge is 0.227 e. The second-order valence-electron chi connectivity index (χ2n) is 6.53. The zero-order valence-corrected chi connectivity index (χ0v) is 15.3. The predicted molar refractivity (Wildman–Crippen MR) is 107 cm³/mol. The molecule has 5 nitrogen and oxygen atoms in total. The largest absolute Gasteiger partial charge is 0.366 e. The van der Waals surface area contributed by atoms with Crippen LogP contribution in [0.4, 0.5) is 27.5 Å². The fourth-order valence-corrected chi connectivity index (χ4v) is 3.32. The van der Waals surface area contributed by atoms with Crippen LogP contribution in [0, 0.1) is 5.82 Å². The van der Waals surface area contributed by atoms with Gasteiger partial charge in [-0.25, -0.2) is 9.37 Å². The zero-order valence-electron chi connectivity index (χ0n) is 15.3. The monoisotopic (exact) mass is 363 g/mol. The molecule has 2 aromatic carbocycles. The molecule has 1 aromatic heterocycles. The first-order chi connectivity index (χ1) is 13.2. The van der Waals surface area contributed by atoms with Gasteiger partial charge in [0.1, 0.15) is 11.6 Å². The normalized spacial score (nSPS) is 14.3. The van der Waals surface area contributed by atoms with Crippen molar-refractivity contribution < 1.29 is 4.39 Å². The highest BCUT2D eigenvalue weighted by Crippen LogP contribution is 2.24. The Balaban J connectivity index is 1.47. The molecule has 4 rings (SSSR count). The van der Waals surface area contributed by atoms with Crippen molar-refractivity contribution in [1.29, 1.82) is 0 Å². The maximum Gasteiger partial charge on any atom is 0.227 e. The van der Waals surface area contributed by atoms with Gasteiger partial charge in [-0.05, 0) is 30.3 Å². The van der Waals surface area contributed by atoms with Crippen LogP contribution in [0.2, 0.25) is 0 Å². The lowest BCUT2D eigenvalue weighted by Gasteiger charge is -2.36. The number of anilines is 4. The lowest BCUT2D eigenvalue weighted by Crippen LogP contribution is -2.47. The number of rotatable bonds is 4. The van der Waals surface area contributed by atoms with Crippen LogP contribution in [0.3, 0.4) is 0 Å². The molecule has 0 unspecified atom stereocenters. The first-order valence-electron chi connectivity index (χ1n) is 9.08. The van der Waals surface area contributed by atoms with E-state index in [9.17, 15) is 4.39 Å². The van der Waals surface area contributed by atoms with E-state index in [1.807, 2.05) is 48.3 Å². The minimum Gasteiger partial charge on any atom is -0.366 e. The van der Waals surface area contributed by atoms with Crippen molar-refractivity contribution in [3.05, 3.63) is 72.7 Å². The summed E-state index contributed by atoms with van der Waals surface area (Å²) >= 11 is 0. The van der Waals surface area contributed by atoms with E-state index in [2.05, 4.69) is 26.9 Å². The molecular formula is C21H22FN5. The second kappa shape index (κ2) is 7.61. The fraction of sp³-hybridized carbons (Fsp3) is 0.238. The van der Waals surface area contributed by atoms with E-state index in [1.165, 1.54) is 6.07 Å². The highest BCUT2D eigenvalue weighted by molar-refractivity contribution is 5.60. The average molecular weight is 363 g/mol. The molecule has 1 aliphatic heterocycles. The topological polar surface area (TPSA) is 35.5 Å². The van der Waals surface area contributed by atoms with Gasteiger partial charge in [0.05, 0.1) is 5.69 Å². The number of nitrogens with zero attached hydrogens (tertiary/aromatic N) is 5. The molecule has 27 heavy (non-hydrogen) atoms. The van der Waals surface area contributed by atoms with Gasteiger partial charge in [-0.1, -0.05) is 30.3 Å².